The summed E-state index contributed by atoms with van der Waals surface area (Å²) in [6.07, 6.45) is 3.68. The van der Waals surface area contributed by atoms with Crippen LogP contribution in [0.4, 0.5) is 5.69 Å². The molecule has 0 aliphatic carbocycles. The minimum absolute atomic E-state index is 0.775. The van der Waals surface area contributed by atoms with Crippen molar-refractivity contribution in [1.29, 1.82) is 0 Å². The number of para-hydroxylation sites is 1. The van der Waals surface area contributed by atoms with Crippen LogP contribution in [0.15, 0.2) is 47.2 Å². The molecule has 0 aliphatic heterocycles. The van der Waals surface area contributed by atoms with Crippen molar-refractivity contribution in [2.24, 2.45) is 0 Å². The summed E-state index contributed by atoms with van der Waals surface area (Å²) < 4.78 is 1.01. The van der Waals surface area contributed by atoms with E-state index in [9.17, 15) is 0 Å². The first kappa shape index (κ1) is 14.0. The van der Waals surface area contributed by atoms with E-state index in [0.717, 1.165) is 23.1 Å². The van der Waals surface area contributed by atoms with Gasteiger partial charge in [-0.15, -0.1) is 0 Å². The Morgan fingerprint density at radius 2 is 2.00 bits per heavy atom. The first-order chi connectivity index (χ1) is 9.15. The lowest BCUT2D eigenvalue weighted by atomic mass is 10.1. The predicted octanol–water partition coefficient (Wildman–Crippen LogP) is 3.52. The first-order valence-corrected chi connectivity index (χ1v) is 7.00. The highest BCUT2D eigenvalue weighted by molar-refractivity contribution is 9.10. The third-order valence-corrected chi connectivity index (χ3v) is 3.18. The molecular formula is C15H18BrN3. The number of anilines is 1. The van der Waals surface area contributed by atoms with Crippen LogP contribution >= 0.6 is 15.9 Å². The Kier molecular flexibility index (Phi) is 4.93. The van der Waals surface area contributed by atoms with Crippen molar-refractivity contribution >= 4 is 21.6 Å². The fourth-order valence-electron chi connectivity index (χ4n) is 1.92. The molecule has 1 heterocycles. The third kappa shape index (κ3) is 4.33. The largest absolute Gasteiger partial charge is 0.381 e. The van der Waals surface area contributed by atoms with Gasteiger partial charge in [-0.1, -0.05) is 18.2 Å². The van der Waals surface area contributed by atoms with Crippen LogP contribution in [0.1, 0.15) is 11.1 Å². The highest BCUT2D eigenvalue weighted by atomic mass is 79.9. The fraction of sp³-hybridized carbons (Fsp3) is 0.267. The van der Waals surface area contributed by atoms with Crippen LogP contribution in [0.2, 0.25) is 0 Å². The molecule has 2 aromatic rings. The molecule has 19 heavy (non-hydrogen) atoms. The molecule has 3 nitrogen and oxygen atoms in total. The van der Waals surface area contributed by atoms with Gasteiger partial charge < -0.3 is 10.2 Å². The van der Waals surface area contributed by atoms with E-state index in [4.69, 9.17) is 0 Å². The maximum Gasteiger partial charge on any atom is 0.0416 e. The van der Waals surface area contributed by atoms with Gasteiger partial charge in [0.15, 0.2) is 0 Å². The molecule has 1 aromatic heterocycles. The number of aromatic nitrogens is 1. The van der Waals surface area contributed by atoms with Gasteiger partial charge in [0.25, 0.3) is 0 Å². The van der Waals surface area contributed by atoms with Crippen LogP contribution in [0.5, 0.6) is 0 Å². The molecule has 0 bridgehead atoms. The van der Waals surface area contributed by atoms with Gasteiger partial charge in [-0.2, -0.15) is 0 Å². The van der Waals surface area contributed by atoms with Gasteiger partial charge in [-0.3, -0.25) is 4.98 Å². The molecule has 0 saturated heterocycles. The van der Waals surface area contributed by atoms with Crippen molar-refractivity contribution in [3.05, 3.63) is 58.3 Å². The van der Waals surface area contributed by atoms with Gasteiger partial charge >= 0.3 is 0 Å². The summed E-state index contributed by atoms with van der Waals surface area (Å²) >= 11 is 3.44. The molecular weight excluding hydrogens is 302 g/mol. The second kappa shape index (κ2) is 6.68. The summed E-state index contributed by atoms with van der Waals surface area (Å²) in [6.45, 7) is 1.71. The average Bonchev–Trinajstić information content (AvgIpc) is 2.37. The van der Waals surface area contributed by atoms with Crippen LogP contribution in [-0.2, 0) is 13.1 Å². The predicted molar refractivity (Wildman–Crippen MR) is 83.1 cm³/mol. The van der Waals surface area contributed by atoms with E-state index in [1.165, 1.54) is 11.3 Å². The molecule has 2 rings (SSSR count). The standard InChI is InChI=1S/C15H18BrN3/c1-19(2)11-13-5-3-4-6-15(13)18-9-12-7-14(16)10-17-8-12/h3-8,10,18H,9,11H2,1-2H3. The fourth-order valence-corrected chi connectivity index (χ4v) is 2.33. The molecule has 0 fully saturated rings. The van der Waals surface area contributed by atoms with Crippen molar-refractivity contribution in [3.8, 4) is 0 Å². The summed E-state index contributed by atoms with van der Waals surface area (Å²) in [4.78, 5) is 6.34. The van der Waals surface area contributed by atoms with Crippen molar-refractivity contribution in [1.82, 2.24) is 9.88 Å². The summed E-state index contributed by atoms with van der Waals surface area (Å²) in [5.41, 5.74) is 3.64. The molecule has 4 heteroatoms. The van der Waals surface area contributed by atoms with Crippen molar-refractivity contribution in [2.45, 2.75) is 13.1 Å². The molecule has 0 atom stereocenters. The van der Waals surface area contributed by atoms with Gasteiger partial charge in [0.2, 0.25) is 0 Å². The summed E-state index contributed by atoms with van der Waals surface area (Å²) in [6, 6.07) is 10.5. The van der Waals surface area contributed by atoms with E-state index in [1.807, 2.05) is 6.20 Å². The van der Waals surface area contributed by atoms with Crippen molar-refractivity contribution < 1.29 is 0 Å². The van der Waals surface area contributed by atoms with Gasteiger partial charge in [0, 0.05) is 35.6 Å². The number of pyridine rings is 1. The van der Waals surface area contributed by atoms with Gasteiger partial charge in [0.05, 0.1) is 0 Å². The molecule has 1 aromatic carbocycles. The summed E-state index contributed by atoms with van der Waals surface area (Å²) in [7, 11) is 4.16. The van der Waals surface area contributed by atoms with Gasteiger partial charge in [0.1, 0.15) is 0 Å². The number of hydrogen-bond donors (Lipinski definition) is 1. The topological polar surface area (TPSA) is 28.2 Å². The quantitative estimate of drug-likeness (QED) is 0.914. The maximum atomic E-state index is 4.17. The lowest BCUT2D eigenvalue weighted by molar-refractivity contribution is 0.403. The minimum Gasteiger partial charge on any atom is -0.381 e. The normalized spacial score (nSPS) is 10.7. The Morgan fingerprint density at radius 3 is 2.74 bits per heavy atom. The maximum absolute atomic E-state index is 4.17. The number of rotatable bonds is 5. The monoisotopic (exact) mass is 319 g/mol. The van der Waals surface area contributed by atoms with Crippen LogP contribution in [0.25, 0.3) is 0 Å². The minimum atomic E-state index is 0.775. The van der Waals surface area contributed by atoms with Gasteiger partial charge in [-0.25, -0.2) is 0 Å². The molecule has 0 amide bonds. The van der Waals surface area contributed by atoms with Gasteiger partial charge in [-0.05, 0) is 53.3 Å². The van der Waals surface area contributed by atoms with E-state index < -0.39 is 0 Å². The van der Waals surface area contributed by atoms with Crippen molar-refractivity contribution in [2.75, 3.05) is 19.4 Å². The molecule has 0 radical (unpaired) electrons. The highest BCUT2D eigenvalue weighted by Crippen LogP contribution is 2.18. The third-order valence-electron chi connectivity index (χ3n) is 2.75. The zero-order valence-electron chi connectivity index (χ0n) is 11.2. The molecule has 0 aliphatic rings. The second-order valence-corrected chi connectivity index (χ2v) is 5.68. The SMILES string of the molecule is CN(C)Cc1ccccc1NCc1cncc(Br)c1. The Hall–Kier alpha value is -1.39. The molecule has 0 spiro atoms. The van der Waals surface area contributed by atoms with Crippen LogP contribution < -0.4 is 5.32 Å². The number of hydrogen-bond acceptors (Lipinski definition) is 3. The molecule has 0 saturated carbocycles. The zero-order chi connectivity index (χ0) is 13.7. The van der Waals surface area contributed by atoms with E-state index >= 15 is 0 Å². The van der Waals surface area contributed by atoms with Crippen LogP contribution in [0, 0.1) is 0 Å². The smallest absolute Gasteiger partial charge is 0.0416 e. The first-order valence-electron chi connectivity index (χ1n) is 6.21. The van der Waals surface area contributed by atoms with Crippen LogP contribution in [-0.4, -0.2) is 24.0 Å². The van der Waals surface area contributed by atoms with E-state index in [2.05, 4.69) is 75.6 Å². The van der Waals surface area contributed by atoms with E-state index in [0.29, 0.717) is 0 Å². The van der Waals surface area contributed by atoms with Crippen LogP contribution in [0.3, 0.4) is 0 Å². The second-order valence-electron chi connectivity index (χ2n) is 4.76. The Labute approximate surface area is 122 Å². The van der Waals surface area contributed by atoms with E-state index in [-0.39, 0.29) is 0 Å². The highest BCUT2D eigenvalue weighted by Gasteiger charge is 2.03. The zero-order valence-corrected chi connectivity index (χ0v) is 12.8. The lowest BCUT2D eigenvalue weighted by Crippen LogP contribution is -2.12. The molecule has 1 N–H and O–H groups in total. The average molecular weight is 320 g/mol. The lowest BCUT2D eigenvalue weighted by Gasteiger charge is -2.15. The molecule has 0 unspecified atom stereocenters. The Balaban J connectivity index is 2.07. The number of halogens is 1. The summed E-state index contributed by atoms with van der Waals surface area (Å²) in [5.74, 6) is 0. The van der Waals surface area contributed by atoms with Crippen molar-refractivity contribution in [3.63, 3.8) is 0 Å². The number of nitrogens with zero attached hydrogens (tertiary/aromatic N) is 2. The Morgan fingerprint density at radius 1 is 1.21 bits per heavy atom. The number of benzene rings is 1. The summed E-state index contributed by atoms with van der Waals surface area (Å²) in [5, 5.41) is 3.47. The Bertz CT molecular complexity index is 540. The number of nitrogens with one attached hydrogen (secondary N) is 1. The molecule has 100 valence electrons. The van der Waals surface area contributed by atoms with E-state index in [1.54, 1.807) is 6.20 Å².